The number of pyridine rings is 1. The summed E-state index contributed by atoms with van der Waals surface area (Å²) in [6.45, 7) is 2.28. The summed E-state index contributed by atoms with van der Waals surface area (Å²) in [5.41, 5.74) is 2.28. The lowest BCUT2D eigenvalue weighted by atomic mass is 9.54. The molecule has 0 radical (unpaired) electrons. The van der Waals surface area contributed by atoms with Gasteiger partial charge in [-0.15, -0.1) is 11.6 Å². The molecular formula is C30H39ClN2O3. The zero-order valence-electron chi connectivity index (χ0n) is 21.6. The second-order valence-corrected chi connectivity index (χ2v) is 12.3. The maximum atomic E-state index is 12.4. The van der Waals surface area contributed by atoms with Crippen LogP contribution in [-0.4, -0.2) is 45.9 Å². The molecule has 1 aromatic carbocycles. The quantitative estimate of drug-likeness (QED) is 0.315. The number of aliphatic hydroxyl groups excluding tert-OH is 1. The first-order chi connectivity index (χ1) is 17.1. The van der Waals surface area contributed by atoms with Gasteiger partial charge in [-0.1, -0.05) is 36.8 Å². The van der Waals surface area contributed by atoms with Crippen LogP contribution in [0.15, 0.2) is 53.0 Å². The lowest BCUT2D eigenvalue weighted by Crippen LogP contribution is -2.61. The predicted octanol–water partition coefficient (Wildman–Crippen LogP) is 5.16. The zero-order chi connectivity index (χ0) is 25.7. The number of alkyl halides is 1. The molecule has 0 bridgehead atoms. The van der Waals surface area contributed by atoms with E-state index in [-0.39, 0.29) is 23.0 Å². The Bertz CT molecular complexity index is 1270. The average molecular weight is 511 g/mol. The van der Waals surface area contributed by atoms with Crippen molar-refractivity contribution in [3.8, 4) is 0 Å². The number of aromatic nitrogens is 1. The van der Waals surface area contributed by atoms with E-state index in [9.17, 15) is 15.0 Å². The number of hydrogen-bond donors (Lipinski definition) is 4. The van der Waals surface area contributed by atoms with Crippen LogP contribution in [0.3, 0.4) is 0 Å². The number of H-pyrrole nitrogens is 1. The standard InChI is InChI=1S/C28H32ClNO3.C2H7N/c1-26-11-12-27(29)16-20-14-21(31)5-4-17(20)8-10-28(27,33)24(26)7-6-23(26)19-3-2-18-9-13-30-25(32)22(18)15-19;1-3-2/h2-3,6,9,13,15-17,21,24,31,33H,4-5,7-8,10-12,14H2,1H3,(H,30,32);3H,1-2H3/t17?,21?,24?,26?,27?,28-;/m0./s1. The molecule has 6 rings (SSSR count). The van der Waals surface area contributed by atoms with Crippen LogP contribution in [0.4, 0.5) is 0 Å². The van der Waals surface area contributed by atoms with Crippen LogP contribution in [-0.2, 0) is 0 Å². The summed E-state index contributed by atoms with van der Waals surface area (Å²) in [5, 5.41) is 27.0. The molecule has 4 aliphatic carbocycles. The fourth-order valence-electron chi connectivity index (χ4n) is 7.59. The number of aromatic amines is 1. The fraction of sp³-hybridized carbons (Fsp3) is 0.567. The Balaban J connectivity index is 0.000000848. The van der Waals surface area contributed by atoms with Gasteiger partial charge in [0.25, 0.3) is 5.56 Å². The van der Waals surface area contributed by atoms with Gasteiger partial charge in [-0.05, 0) is 105 Å². The van der Waals surface area contributed by atoms with Crippen LogP contribution in [0, 0.1) is 17.3 Å². The third-order valence-corrected chi connectivity index (χ3v) is 10.1. The first kappa shape index (κ1) is 25.7. The van der Waals surface area contributed by atoms with Crippen molar-refractivity contribution in [3.63, 3.8) is 0 Å². The molecular weight excluding hydrogens is 472 g/mol. The first-order valence-electron chi connectivity index (χ1n) is 13.4. The van der Waals surface area contributed by atoms with Gasteiger partial charge in [0.2, 0.25) is 0 Å². The van der Waals surface area contributed by atoms with E-state index in [1.807, 2.05) is 32.3 Å². The van der Waals surface area contributed by atoms with Gasteiger partial charge in [-0.25, -0.2) is 0 Å². The molecule has 1 heterocycles. The Hall–Kier alpha value is -1.92. The van der Waals surface area contributed by atoms with Gasteiger partial charge in [0.15, 0.2) is 0 Å². The molecule has 1 aromatic heterocycles. The summed E-state index contributed by atoms with van der Waals surface area (Å²) in [5.74, 6) is 0.448. The van der Waals surface area contributed by atoms with Crippen molar-refractivity contribution in [2.75, 3.05) is 14.1 Å². The van der Waals surface area contributed by atoms with Gasteiger partial charge in [0.1, 0.15) is 0 Å². The minimum absolute atomic E-state index is 0.0259. The Morgan fingerprint density at radius 1 is 1.11 bits per heavy atom. The number of halogens is 1. The average Bonchev–Trinajstić information content (AvgIpc) is 3.15. The molecule has 0 spiro atoms. The second-order valence-electron chi connectivity index (χ2n) is 11.6. The highest BCUT2D eigenvalue weighted by Gasteiger charge is 2.64. The van der Waals surface area contributed by atoms with Crippen LogP contribution in [0.25, 0.3) is 16.3 Å². The topological polar surface area (TPSA) is 85.3 Å². The molecule has 0 aliphatic heterocycles. The molecule has 4 aliphatic rings. The summed E-state index contributed by atoms with van der Waals surface area (Å²) in [6.07, 6.45) is 12.3. The number of nitrogens with one attached hydrogen (secondary N) is 2. The maximum absolute atomic E-state index is 12.4. The zero-order valence-corrected chi connectivity index (χ0v) is 22.4. The van der Waals surface area contributed by atoms with Gasteiger partial charge < -0.3 is 20.5 Å². The van der Waals surface area contributed by atoms with Crippen molar-refractivity contribution in [1.82, 2.24) is 10.3 Å². The summed E-state index contributed by atoms with van der Waals surface area (Å²) in [7, 11) is 3.75. The van der Waals surface area contributed by atoms with E-state index in [1.165, 1.54) is 11.1 Å². The van der Waals surface area contributed by atoms with Crippen molar-refractivity contribution < 1.29 is 10.2 Å². The molecule has 6 atom stereocenters. The van der Waals surface area contributed by atoms with Crippen molar-refractivity contribution in [2.45, 2.75) is 74.9 Å². The summed E-state index contributed by atoms with van der Waals surface area (Å²) >= 11 is 7.33. The van der Waals surface area contributed by atoms with E-state index in [0.29, 0.717) is 30.6 Å². The summed E-state index contributed by atoms with van der Waals surface area (Å²) in [4.78, 5) is 14.4. The lowest BCUT2D eigenvalue weighted by Gasteiger charge is -2.56. The number of rotatable bonds is 1. The highest BCUT2D eigenvalue weighted by molar-refractivity contribution is 6.26. The van der Waals surface area contributed by atoms with Crippen LogP contribution in [0.2, 0.25) is 0 Å². The van der Waals surface area contributed by atoms with E-state index in [0.717, 1.165) is 43.1 Å². The van der Waals surface area contributed by atoms with E-state index in [4.69, 9.17) is 11.6 Å². The Morgan fingerprint density at radius 2 is 1.89 bits per heavy atom. The smallest absolute Gasteiger partial charge is 0.255 e. The number of aliphatic hydroxyl groups is 2. The third-order valence-electron chi connectivity index (χ3n) is 9.46. The normalized spacial score (nSPS) is 37.4. The van der Waals surface area contributed by atoms with E-state index < -0.39 is 10.5 Å². The van der Waals surface area contributed by atoms with Gasteiger partial charge >= 0.3 is 0 Å². The van der Waals surface area contributed by atoms with Crippen molar-refractivity contribution in [2.24, 2.45) is 17.3 Å². The minimum Gasteiger partial charge on any atom is -0.393 e. The number of benzene rings is 1. The lowest BCUT2D eigenvalue weighted by molar-refractivity contribution is -0.106. The molecule has 4 N–H and O–H groups in total. The molecule has 2 aromatic rings. The summed E-state index contributed by atoms with van der Waals surface area (Å²) in [6, 6.07) is 8.06. The van der Waals surface area contributed by atoms with Crippen molar-refractivity contribution in [1.29, 1.82) is 0 Å². The summed E-state index contributed by atoms with van der Waals surface area (Å²) < 4.78 is 0. The maximum Gasteiger partial charge on any atom is 0.255 e. The molecule has 2 fully saturated rings. The SMILES string of the molecule is CC12CCC3(Cl)C=C4CC(O)CCC4CC[C@]3(O)C1CC=C2c1ccc2cc[nH]c(=O)c2c1.CNC. The van der Waals surface area contributed by atoms with E-state index in [1.54, 1.807) is 6.20 Å². The van der Waals surface area contributed by atoms with Crippen LogP contribution in [0.5, 0.6) is 0 Å². The predicted molar refractivity (Wildman–Crippen MR) is 147 cm³/mol. The van der Waals surface area contributed by atoms with Crippen molar-refractivity contribution >= 4 is 27.9 Å². The van der Waals surface area contributed by atoms with Crippen LogP contribution in [0.1, 0.15) is 63.9 Å². The highest BCUT2D eigenvalue weighted by atomic mass is 35.5. The molecule has 36 heavy (non-hydrogen) atoms. The van der Waals surface area contributed by atoms with Gasteiger partial charge in [0, 0.05) is 17.5 Å². The van der Waals surface area contributed by atoms with Crippen LogP contribution < -0.4 is 10.9 Å². The van der Waals surface area contributed by atoms with E-state index in [2.05, 4.69) is 35.4 Å². The van der Waals surface area contributed by atoms with Gasteiger partial charge in [0.05, 0.1) is 16.6 Å². The Kier molecular flexibility index (Phi) is 6.74. The largest absolute Gasteiger partial charge is 0.393 e. The number of fused-ring (bicyclic) bond motifs is 5. The number of hydrogen-bond acceptors (Lipinski definition) is 4. The Morgan fingerprint density at radius 3 is 2.67 bits per heavy atom. The van der Waals surface area contributed by atoms with Crippen molar-refractivity contribution in [3.05, 3.63) is 64.1 Å². The molecule has 2 saturated carbocycles. The minimum atomic E-state index is -0.997. The molecule has 5 unspecified atom stereocenters. The molecule has 0 saturated heterocycles. The van der Waals surface area contributed by atoms with Gasteiger partial charge in [-0.2, -0.15) is 0 Å². The molecule has 0 amide bonds. The highest BCUT2D eigenvalue weighted by Crippen LogP contribution is 2.65. The monoisotopic (exact) mass is 510 g/mol. The Labute approximate surface area is 218 Å². The van der Waals surface area contributed by atoms with Gasteiger partial charge in [-0.3, -0.25) is 4.79 Å². The second kappa shape index (κ2) is 9.43. The molecule has 194 valence electrons. The number of allylic oxidation sites excluding steroid dienone is 2. The molecule has 6 heteroatoms. The fourth-order valence-corrected chi connectivity index (χ4v) is 8.05. The van der Waals surface area contributed by atoms with Crippen LogP contribution >= 0.6 is 11.6 Å². The molecule has 5 nitrogen and oxygen atoms in total. The third kappa shape index (κ3) is 3.99. The van der Waals surface area contributed by atoms with E-state index >= 15 is 0 Å². The first-order valence-corrected chi connectivity index (χ1v) is 13.7.